The molecule has 6 rings (SSSR count). The van der Waals surface area contributed by atoms with E-state index in [1.54, 1.807) is 11.5 Å². The van der Waals surface area contributed by atoms with Crippen molar-refractivity contribution in [3.05, 3.63) is 60.3 Å². The van der Waals surface area contributed by atoms with Crippen LogP contribution in [0.1, 0.15) is 49.0 Å². The molecule has 1 aliphatic carbocycles. The molecule has 0 bridgehead atoms. The van der Waals surface area contributed by atoms with E-state index in [2.05, 4.69) is 45.1 Å². The smallest absolute Gasteiger partial charge is 0.179 e. The average Bonchev–Trinajstić information content (AvgIpc) is 3.53. The molecule has 1 saturated heterocycles. The number of fused-ring (bicyclic) bond motifs is 2. The van der Waals surface area contributed by atoms with Crippen LogP contribution in [0.2, 0.25) is 0 Å². The number of hydrogen-bond donors (Lipinski definition) is 1. The summed E-state index contributed by atoms with van der Waals surface area (Å²) in [7, 11) is 0. The molecule has 5 nitrogen and oxygen atoms in total. The summed E-state index contributed by atoms with van der Waals surface area (Å²) in [6.07, 6.45) is 6.92. The Bertz CT molecular complexity index is 1260. The molecule has 0 atom stereocenters. The minimum Gasteiger partial charge on any atom is -0.353 e. The average molecular weight is 487 g/mol. The summed E-state index contributed by atoms with van der Waals surface area (Å²) in [5, 5.41) is 2.42. The summed E-state index contributed by atoms with van der Waals surface area (Å²) in [6.45, 7) is 5.59. The maximum absolute atomic E-state index is 12.8. The van der Waals surface area contributed by atoms with E-state index >= 15 is 0 Å². The number of benzene rings is 2. The number of ketones is 1. The Morgan fingerprint density at radius 3 is 2.51 bits per heavy atom. The van der Waals surface area contributed by atoms with Crippen molar-refractivity contribution < 1.29 is 4.79 Å². The van der Waals surface area contributed by atoms with Crippen molar-refractivity contribution in [3.8, 4) is 0 Å². The molecule has 0 radical (unpaired) electrons. The summed E-state index contributed by atoms with van der Waals surface area (Å²) in [5.41, 5.74) is 1.83. The van der Waals surface area contributed by atoms with Crippen LogP contribution in [0.25, 0.3) is 21.0 Å². The molecule has 4 aromatic rings. The van der Waals surface area contributed by atoms with Gasteiger partial charge in [0.1, 0.15) is 5.82 Å². The van der Waals surface area contributed by atoms with Gasteiger partial charge in [0.05, 0.1) is 10.4 Å². The van der Waals surface area contributed by atoms with E-state index < -0.39 is 0 Å². The van der Waals surface area contributed by atoms with Crippen LogP contribution >= 0.6 is 11.5 Å². The number of para-hydroxylation sites is 1. The molecule has 3 heterocycles. The van der Waals surface area contributed by atoms with E-state index in [1.807, 2.05) is 24.3 Å². The Morgan fingerprint density at radius 2 is 1.69 bits per heavy atom. The normalized spacial score (nSPS) is 21.7. The molecule has 1 N–H and O–H groups in total. The van der Waals surface area contributed by atoms with Gasteiger partial charge in [-0.25, -0.2) is 0 Å². The van der Waals surface area contributed by atoms with E-state index in [0.29, 0.717) is 12.3 Å². The number of aromatic nitrogens is 2. The second-order valence-corrected chi connectivity index (χ2v) is 11.2. The zero-order valence-corrected chi connectivity index (χ0v) is 21.1. The van der Waals surface area contributed by atoms with Crippen molar-refractivity contribution >= 4 is 44.1 Å². The summed E-state index contributed by atoms with van der Waals surface area (Å²) < 4.78 is 6.03. The molecule has 1 saturated carbocycles. The van der Waals surface area contributed by atoms with E-state index in [0.717, 1.165) is 48.7 Å². The molecule has 2 aromatic carbocycles. The van der Waals surface area contributed by atoms with Gasteiger partial charge in [-0.1, -0.05) is 43.2 Å². The van der Waals surface area contributed by atoms with Crippen molar-refractivity contribution in [3.63, 3.8) is 0 Å². The number of H-pyrrole nitrogens is 1. The topological polar surface area (TPSA) is 52.2 Å². The second-order valence-electron chi connectivity index (χ2n) is 10.4. The van der Waals surface area contributed by atoms with Crippen LogP contribution in [0.3, 0.4) is 0 Å². The molecule has 182 valence electrons. The highest BCUT2D eigenvalue weighted by Crippen LogP contribution is 2.34. The van der Waals surface area contributed by atoms with Crippen molar-refractivity contribution in [2.24, 2.45) is 11.8 Å². The van der Waals surface area contributed by atoms with Crippen LogP contribution in [0.15, 0.2) is 54.6 Å². The van der Waals surface area contributed by atoms with Gasteiger partial charge >= 0.3 is 0 Å². The Morgan fingerprint density at radius 1 is 0.943 bits per heavy atom. The first-order valence-corrected chi connectivity index (χ1v) is 13.9. The van der Waals surface area contributed by atoms with Gasteiger partial charge in [0.2, 0.25) is 0 Å². The first kappa shape index (κ1) is 22.7. The fraction of sp³-hybridized carbons (Fsp3) is 0.448. The largest absolute Gasteiger partial charge is 0.353 e. The van der Waals surface area contributed by atoms with Crippen LogP contribution in [-0.4, -0.2) is 52.8 Å². The minimum atomic E-state index is 0.274. The summed E-state index contributed by atoms with van der Waals surface area (Å²) in [5.74, 6) is 2.80. The van der Waals surface area contributed by atoms with Gasteiger partial charge in [0, 0.05) is 48.9 Å². The highest BCUT2D eigenvalue weighted by Gasteiger charge is 2.26. The number of aromatic amines is 1. The van der Waals surface area contributed by atoms with Crippen molar-refractivity contribution in [1.82, 2.24) is 14.3 Å². The van der Waals surface area contributed by atoms with Gasteiger partial charge in [-0.2, -0.15) is 4.37 Å². The van der Waals surface area contributed by atoms with Gasteiger partial charge in [-0.15, -0.1) is 0 Å². The lowest BCUT2D eigenvalue weighted by atomic mass is 9.78. The van der Waals surface area contributed by atoms with Crippen LogP contribution in [-0.2, 0) is 0 Å². The fourth-order valence-corrected chi connectivity index (χ4v) is 6.76. The maximum Gasteiger partial charge on any atom is 0.179 e. The summed E-state index contributed by atoms with van der Waals surface area (Å²) in [6, 6.07) is 18.7. The zero-order chi connectivity index (χ0) is 23.6. The van der Waals surface area contributed by atoms with E-state index in [4.69, 9.17) is 4.37 Å². The maximum atomic E-state index is 12.8. The van der Waals surface area contributed by atoms with Gasteiger partial charge in [0.25, 0.3) is 0 Å². The Balaban J connectivity index is 0.930. The lowest BCUT2D eigenvalue weighted by molar-refractivity contribution is 0.0936. The lowest BCUT2D eigenvalue weighted by Gasteiger charge is -2.36. The highest BCUT2D eigenvalue weighted by molar-refractivity contribution is 7.13. The molecule has 0 amide bonds. The molecular weight excluding hydrogens is 452 g/mol. The first-order valence-electron chi connectivity index (χ1n) is 13.2. The van der Waals surface area contributed by atoms with Crippen LogP contribution in [0.4, 0.5) is 5.82 Å². The number of nitrogens with one attached hydrogen (secondary N) is 1. The van der Waals surface area contributed by atoms with Crippen LogP contribution in [0, 0.1) is 11.8 Å². The van der Waals surface area contributed by atoms with Crippen molar-refractivity contribution in [1.29, 1.82) is 0 Å². The molecule has 6 heteroatoms. The highest BCUT2D eigenvalue weighted by atomic mass is 32.1. The number of nitrogens with zero attached hydrogens (tertiary/aromatic N) is 3. The van der Waals surface area contributed by atoms with Crippen LogP contribution in [0.5, 0.6) is 0 Å². The van der Waals surface area contributed by atoms with Gasteiger partial charge in [-0.05, 0) is 73.4 Å². The van der Waals surface area contributed by atoms with E-state index in [1.165, 1.54) is 54.6 Å². The second kappa shape index (κ2) is 10.1. The SMILES string of the molecule is O=C(CC1CCC(CCN2CCN(c3nsc4ccccc34)CC2)CC1)c1cc2ccccc2[nH]1. The van der Waals surface area contributed by atoms with E-state index in [9.17, 15) is 4.79 Å². The number of carbonyl (C=O) groups is 1. The molecule has 35 heavy (non-hydrogen) atoms. The molecule has 2 aliphatic rings. The standard InChI is InChI=1S/C29H34N4OS/c34-27(26-20-23-5-1-3-7-25(23)30-26)19-22-11-9-21(10-12-22)13-14-32-15-17-33(18-16-32)29-24-6-2-4-8-28(24)35-31-29/h1-8,20-22,30H,9-19H2. The Kier molecular flexibility index (Phi) is 6.57. The fourth-order valence-electron chi connectivity index (χ4n) is 5.97. The molecule has 1 aliphatic heterocycles. The Labute approximate surface area is 211 Å². The van der Waals surface area contributed by atoms with Crippen molar-refractivity contribution in [2.45, 2.75) is 38.5 Å². The number of Topliss-reactive ketones (excluding diaryl/α,β-unsaturated/α-hetero) is 1. The summed E-state index contributed by atoms with van der Waals surface area (Å²) >= 11 is 1.61. The first-order chi connectivity index (χ1) is 17.2. The molecule has 2 aromatic heterocycles. The number of carbonyl (C=O) groups excluding carboxylic acids is 1. The number of hydrogen-bond acceptors (Lipinski definition) is 5. The molecule has 0 spiro atoms. The van der Waals surface area contributed by atoms with E-state index in [-0.39, 0.29) is 5.78 Å². The number of piperazine rings is 1. The third-order valence-electron chi connectivity index (χ3n) is 8.15. The predicted molar refractivity (Wildman–Crippen MR) is 146 cm³/mol. The molecule has 0 unspecified atom stereocenters. The third-order valence-corrected chi connectivity index (χ3v) is 8.97. The summed E-state index contributed by atoms with van der Waals surface area (Å²) in [4.78, 5) is 21.2. The molecular formula is C29H34N4OS. The zero-order valence-electron chi connectivity index (χ0n) is 20.3. The van der Waals surface area contributed by atoms with Gasteiger partial charge < -0.3 is 9.88 Å². The third kappa shape index (κ3) is 5.00. The number of anilines is 1. The Hall–Kier alpha value is -2.70. The minimum absolute atomic E-state index is 0.274. The van der Waals surface area contributed by atoms with Crippen molar-refractivity contribution in [2.75, 3.05) is 37.6 Å². The van der Waals surface area contributed by atoms with Crippen LogP contribution < -0.4 is 4.90 Å². The van der Waals surface area contributed by atoms with Gasteiger partial charge in [-0.3, -0.25) is 9.69 Å². The predicted octanol–water partition coefficient (Wildman–Crippen LogP) is 6.37. The monoisotopic (exact) mass is 486 g/mol. The quantitative estimate of drug-likeness (QED) is 0.309. The van der Waals surface area contributed by atoms with Gasteiger partial charge in [0.15, 0.2) is 5.78 Å². The number of rotatable bonds is 7. The lowest BCUT2D eigenvalue weighted by Crippen LogP contribution is -2.47. The molecule has 2 fully saturated rings.